The van der Waals surface area contributed by atoms with E-state index in [0.29, 0.717) is 0 Å². The van der Waals surface area contributed by atoms with Gasteiger partial charge in [0, 0.05) is 24.2 Å². The Morgan fingerprint density at radius 3 is 1.14 bits per heavy atom. The van der Waals surface area contributed by atoms with Gasteiger partial charge in [0.25, 0.3) is 0 Å². The summed E-state index contributed by atoms with van der Waals surface area (Å²) in [5.74, 6) is 0. The van der Waals surface area contributed by atoms with Gasteiger partial charge in [0.1, 0.15) is 0 Å². The van der Waals surface area contributed by atoms with E-state index in [1.165, 1.54) is 0 Å². The monoisotopic (exact) mass is 464 g/mol. The van der Waals surface area contributed by atoms with Gasteiger partial charge in [-0.05, 0) is 72.8 Å². The highest BCUT2D eigenvalue weighted by Crippen LogP contribution is 2.29. The van der Waals surface area contributed by atoms with Crippen molar-refractivity contribution >= 4 is 0 Å². The number of rotatable bonds is 5. The summed E-state index contributed by atoms with van der Waals surface area (Å²) in [4.78, 5) is 28.1. The molecule has 0 bridgehead atoms. The van der Waals surface area contributed by atoms with Gasteiger partial charge in [0.05, 0.1) is 51.2 Å². The summed E-state index contributed by atoms with van der Waals surface area (Å²) in [6.45, 7) is 0. The maximum atomic E-state index is 4.97. The van der Waals surface area contributed by atoms with Crippen molar-refractivity contribution in [1.29, 1.82) is 0 Å². The van der Waals surface area contributed by atoms with Crippen LogP contribution in [0.3, 0.4) is 0 Å². The molecule has 0 aromatic carbocycles. The molecular weight excluding hydrogens is 444 g/mol. The molecule has 0 aliphatic rings. The summed E-state index contributed by atoms with van der Waals surface area (Å²) >= 11 is 0. The second kappa shape index (κ2) is 9.64. The van der Waals surface area contributed by atoms with Crippen molar-refractivity contribution < 1.29 is 0 Å². The molecule has 6 aromatic rings. The van der Waals surface area contributed by atoms with E-state index in [4.69, 9.17) is 15.0 Å². The molecule has 0 radical (unpaired) electrons. The lowest BCUT2D eigenvalue weighted by Gasteiger charge is -2.10. The minimum absolute atomic E-state index is 0.760. The first-order valence-corrected chi connectivity index (χ1v) is 11.5. The van der Waals surface area contributed by atoms with E-state index in [2.05, 4.69) is 15.0 Å². The average molecular weight is 465 g/mol. The number of hydrogen-bond donors (Lipinski definition) is 0. The van der Waals surface area contributed by atoms with Gasteiger partial charge in [0.15, 0.2) is 0 Å². The summed E-state index contributed by atoms with van der Waals surface area (Å²) in [5, 5.41) is 0. The van der Waals surface area contributed by atoms with Crippen LogP contribution in [-0.2, 0) is 0 Å². The van der Waals surface area contributed by atoms with Gasteiger partial charge in [-0.2, -0.15) is 0 Å². The van der Waals surface area contributed by atoms with Crippen LogP contribution in [0.15, 0.2) is 122 Å². The maximum Gasteiger partial charge on any atom is 0.0901 e. The molecular formula is C30H20N6. The second-order valence-corrected chi connectivity index (χ2v) is 8.09. The third-order valence-corrected chi connectivity index (χ3v) is 5.66. The highest BCUT2D eigenvalue weighted by atomic mass is 14.8. The van der Waals surface area contributed by atoms with Crippen molar-refractivity contribution in [3.8, 4) is 56.8 Å². The van der Waals surface area contributed by atoms with Crippen LogP contribution in [0.4, 0.5) is 0 Å². The molecule has 170 valence electrons. The highest BCUT2D eigenvalue weighted by Gasteiger charge is 2.12. The highest BCUT2D eigenvalue weighted by molar-refractivity contribution is 5.74. The summed E-state index contributed by atoms with van der Waals surface area (Å²) < 4.78 is 0. The summed E-state index contributed by atoms with van der Waals surface area (Å²) in [6.07, 6.45) is 5.30. The van der Waals surface area contributed by atoms with Crippen LogP contribution in [0.5, 0.6) is 0 Å². The third kappa shape index (κ3) is 4.48. The lowest BCUT2D eigenvalue weighted by Crippen LogP contribution is -1.96. The minimum Gasteiger partial charge on any atom is -0.255 e. The summed E-state index contributed by atoms with van der Waals surface area (Å²) in [7, 11) is 0. The van der Waals surface area contributed by atoms with E-state index in [9.17, 15) is 0 Å². The molecule has 0 aliphatic heterocycles. The SMILES string of the molecule is c1ccc(-c2cc(-c3cccc(-c4cccc(-c5ccccn5)n4)n3)cc(-c3ccccn3)n2)nc1. The standard InChI is InChI=1S/C30H20N6/c1-4-16-31-23(9-1)26-13-8-15-28(35-26)27-14-7-12-22(34-27)21-19-29(24-10-2-5-17-32-24)36-30(20-21)25-11-3-6-18-33-25/h1-20H. The van der Waals surface area contributed by atoms with Crippen molar-refractivity contribution in [2.24, 2.45) is 0 Å². The van der Waals surface area contributed by atoms with E-state index in [-0.39, 0.29) is 0 Å². The lowest BCUT2D eigenvalue weighted by atomic mass is 10.1. The Hall–Kier alpha value is -5.10. The number of hydrogen-bond acceptors (Lipinski definition) is 6. The van der Waals surface area contributed by atoms with Gasteiger partial charge in [-0.1, -0.05) is 30.3 Å². The molecule has 6 aromatic heterocycles. The van der Waals surface area contributed by atoms with Crippen LogP contribution in [0, 0.1) is 0 Å². The van der Waals surface area contributed by atoms with Crippen molar-refractivity contribution in [1.82, 2.24) is 29.9 Å². The largest absolute Gasteiger partial charge is 0.255 e. The Kier molecular flexibility index (Phi) is 5.74. The maximum absolute atomic E-state index is 4.97. The van der Waals surface area contributed by atoms with Crippen LogP contribution in [-0.4, -0.2) is 29.9 Å². The fraction of sp³-hybridized carbons (Fsp3) is 0. The number of aromatic nitrogens is 6. The van der Waals surface area contributed by atoms with E-state index in [1.54, 1.807) is 18.6 Å². The molecule has 0 unspecified atom stereocenters. The fourth-order valence-corrected chi connectivity index (χ4v) is 3.94. The Balaban J connectivity index is 1.45. The molecule has 0 saturated carbocycles. The smallest absolute Gasteiger partial charge is 0.0901 e. The number of nitrogens with zero attached hydrogens (tertiary/aromatic N) is 6. The van der Waals surface area contributed by atoms with Crippen molar-refractivity contribution in [3.63, 3.8) is 0 Å². The molecule has 36 heavy (non-hydrogen) atoms. The van der Waals surface area contributed by atoms with Gasteiger partial charge in [-0.25, -0.2) is 15.0 Å². The molecule has 0 fully saturated rings. The number of pyridine rings is 6. The first-order chi connectivity index (χ1) is 17.8. The zero-order valence-electron chi connectivity index (χ0n) is 19.2. The Labute approximate surface area is 208 Å². The molecule has 0 spiro atoms. The predicted octanol–water partition coefficient (Wildman–Crippen LogP) is 6.39. The first kappa shape index (κ1) is 21.4. The van der Waals surface area contributed by atoms with Gasteiger partial charge in [-0.3, -0.25) is 15.0 Å². The first-order valence-electron chi connectivity index (χ1n) is 11.5. The zero-order chi connectivity index (χ0) is 24.2. The second-order valence-electron chi connectivity index (χ2n) is 8.09. The van der Waals surface area contributed by atoms with E-state index >= 15 is 0 Å². The molecule has 0 aliphatic carbocycles. The van der Waals surface area contributed by atoms with Crippen molar-refractivity contribution in [2.75, 3.05) is 0 Å². The topological polar surface area (TPSA) is 77.3 Å². The van der Waals surface area contributed by atoms with Crippen LogP contribution in [0.2, 0.25) is 0 Å². The molecule has 0 saturated heterocycles. The van der Waals surface area contributed by atoms with Crippen LogP contribution >= 0.6 is 0 Å². The fourth-order valence-electron chi connectivity index (χ4n) is 3.94. The van der Waals surface area contributed by atoms with Crippen LogP contribution in [0.1, 0.15) is 0 Å². The molecule has 0 amide bonds. The molecule has 0 atom stereocenters. The minimum atomic E-state index is 0.760. The normalized spacial score (nSPS) is 10.8. The molecule has 6 nitrogen and oxygen atoms in total. The van der Waals surface area contributed by atoms with Crippen molar-refractivity contribution in [2.45, 2.75) is 0 Å². The quantitative estimate of drug-likeness (QED) is 0.294. The molecule has 6 heteroatoms. The third-order valence-electron chi connectivity index (χ3n) is 5.66. The molecule has 6 rings (SSSR count). The van der Waals surface area contributed by atoms with Gasteiger partial charge in [0.2, 0.25) is 0 Å². The van der Waals surface area contributed by atoms with Crippen molar-refractivity contribution in [3.05, 3.63) is 122 Å². The van der Waals surface area contributed by atoms with Crippen LogP contribution in [0.25, 0.3) is 56.8 Å². The lowest BCUT2D eigenvalue weighted by molar-refractivity contribution is 1.20. The molecule has 6 heterocycles. The van der Waals surface area contributed by atoms with Gasteiger partial charge < -0.3 is 0 Å². The zero-order valence-corrected chi connectivity index (χ0v) is 19.2. The molecule has 0 N–H and O–H groups in total. The Bertz CT molecular complexity index is 1560. The van der Waals surface area contributed by atoms with E-state index in [0.717, 1.165) is 56.8 Å². The van der Waals surface area contributed by atoms with Gasteiger partial charge >= 0.3 is 0 Å². The Morgan fingerprint density at radius 2 is 0.667 bits per heavy atom. The van der Waals surface area contributed by atoms with Gasteiger partial charge in [-0.15, -0.1) is 0 Å². The predicted molar refractivity (Wildman–Crippen MR) is 140 cm³/mol. The van der Waals surface area contributed by atoms with Crippen LogP contribution < -0.4 is 0 Å². The summed E-state index contributed by atoms with van der Waals surface area (Å²) in [5.41, 5.74) is 8.03. The summed E-state index contributed by atoms with van der Waals surface area (Å²) in [6, 6.07) is 33.3. The van der Waals surface area contributed by atoms with E-state index < -0.39 is 0 Å². The Morgan fingerprint density at radius 1 is 0.306 bits per heavy atom. The van der Waals surface area contributed by atoms with E-state index in [1.807, 2.05) is 103 Å². The average Bonchev–Trinajstić information content (AvgIpc) is 2.98.